The van der Waals surface area contributed by atoms with E-state index in [4.69, 9.17) is 14.9 Å². The van der Waals surface area contributed by atoms with Crippen molar-refractivity contribution < 1.29 is 13.5 Å². The fourth-order valence-electron chi connectivity index (χ4n) is 2.35. The average molecular weight is 329 g/mol. The zero-order valence-corrected chi connectivity index (χ0v) is 12.8. The largest absolute Gasteiger partial charge is 0.490 e. The molecule has 0 atom stereocenters. The number of ether oxygens (including phenoxy) is 1. The van der Waals surface area contributed by atoms with Crippen molar-refractivity contribution in [2.45, 2.75) is 25.5 Å². The van der Waals surface area contributed by atoms with Crippen molar-refractivity contribution in [2.75, 3.05) is 18.0 Å². The van der Waals surface area contributed by atoms with Gasteiger partial charge in [0.1, 0.15) is 17.7 Å². The second-order valence-corrected chi connectivity index (χ2v) is 4.94. The van der Waals surface area contributed by atoms with Crippen LogP contribution in [-0.2, 0) is 6.54 Å². The topological polar surface area (TPSA) is 77.4 Å². The van der Waals surface area contributed by atoms with Crippen LogP contribution in [0.25, 0.3) is 0 Å². The molecule has 0 unspecified atom stereocenters. The van der Waals surface area contributed by atoms with Gasteiger partial charge in [-0.3, -0.25) is 0 Å². The molecule has 0 bridgehead atoms. The number of piperidine rings is 1. The van der Waals surface area contributed by atoms with E-state index < -0.39 is 0 Å². The van der Waals surface area contributed by atoms with E-state index in [1.54, 1.807) is 12.1 Å². The number of halogens is 2. The summed E-state index contributed by atoms with van der Waals surface area (Å²) in [5, 5.41) is 7.82. The molecular weight excluding hydrogens is 311 g/mol. The van der Waals surface area contributed by atoms with Gasteiger partial charge >= 0.3 is 6.01 Å². The lowest BCUT2D eigenvalue weighted by Gasteiger charge is -2.30. The van der Waals surface area contributed by atoms with Gasteiger partial charge in [0.15, 0.2) is 0 Å². The van der Waals surface area contributed by atoms with Crippen molar-refractivity contribution in [1.82, 2.24) is 10.2 Å². The monoisotopic (exact) mass is 328 g/mol. The first-order valence-electron chi connectivity index (χ1n) is 6.94. The van der Waals surface area contributed by atoms with Crippen LogP contribution in [0.3, 0.4) is 0 Å². The first-order valence-corrected chi connectivity index (χ1v) is 6.94. The number of aromatic nitrogens is 2. The number of nitrogens with two attached hydrogens (primary N) is 1. The molecule has 1 aromatic heterocycles. The molecule has 8 heteroatoms. The predicted molar refractivity (Wildman–Crippen MR) is 81.7 cm³/mol. The van der Waals surface area contributed by atoms with Crippen molar-refractivity contribution in [3.8, 4) is 5.75 Å². The number of nitrogens with zero attached hydrogens (tertiary/aromatic N) is 3. The van der Waals surface area contributed by atoms with E-state index in [2.05, 4.69) is 10.2 Å². The molecule has 2 aromatic rings. The molecule has 2 N–H and O–H groups in total. The van der Waals surface area contributed by atoms with E-state index in [9.17, 15) is 4.39 Å². The lowest BCUT2D eigenvalue weighted by atomic mass is 10.1. The minimum atomic E-state index is -0.287. The van der Waals surface area contributed by atoms with Crippen molar-refractivity contribution >= 4 is 18.4 Å². The second kappa shape index (κ2) is 7.42. The van der Waals surface area contributed by atoms with Crippen LogP contribution in [0.5, 0.6) is 5.75 Å². The van der Waals surface area contributed by atoms with Gasteiger partial charge in [0.2, 0.25) is 5.89 Å². The van der Waals surface area contributed by atoms with E-state index in [-0.39, 0.29) is 30.9 Å². The van der Waals surface area contributed by atoms with Gasteiger partial charge in [-0.05, 0) is 12.1 Å². The normalized spacial score (nSPS) is 15.5. The summed E-state index contributed by atoms with van der Waals surface area (Å²) in [6.45, 7) is 1.75. The smallest absolute Gasteiger partial charge is 0.318 e. The molecule has 1 fully saturated rings. The third kappa shape index (κ3) is 3.86. The summed E-state index contributed by atoms with van der Waals surface area (Å²) in [5.41, 5.74) is 5.45. The van der Waals surface area contributed by atoms with Crippen LogP contribution in [0.1, 0.15) is 18.7 Å². The maximum atomic E-state index is 13.1. The molecule has 0 radical (unpaired) electrons. The highest BCUT2D eigenvalue weighted by Crippen LogP contribution is 2.22. The maximum absolute atomic E-state index is 13.1. The van der Waals surface area contributed by atoms with Crippen LogP contribution in [0.2, 0.25) is 0 Å². The molecule has 0 saturated carbocycles. The summed E-state index contributed by atoms with van der Waals surface area (Å²) in [6, 6.07) is 6.71. The summed E-state index contributed by atoms with van der Waals surface area (Å²) in [5.74, 6) is 0.713. The number of hydrogen-bond acceptors (Lipinski definition) is 6. The summed E-state index contributed by atoms with van der Waals surface area (Å²) >= 11 is 0. The predicted octanol–water partition coefficient (Wildman–Crippen LogP) is 2.14. The fraction of sp³-hybridized carbons (Fsp3) is 0.429. The lowest BCUT2D eigenvalue weighted by Crippen LogP contribution is -2.38. The third-order valence-electron chi connectivity index (χ3n) is 3.44. The zero-order valence-electron chi connectivity index (χ0n) is 11.9. The maximum Gasteiger partial charge on any atom is 0.318 e. The van der Waals surface area contributed by atoms with Crippen molar-refractivity contribution in [1.29, 1.82) is 0 Å². The van der Waals surface area contributed by atoms with Crippen LogP contribution in [0, 0.1) is 5.82 Å². The molecule has 3 rings (SSSR count). The highest BCUT2D eigenvalue weighted by atomic mass is 35.5. The van der Waals surface area contributed by atoms with Crippen LogP contribution >= 0.6 is 12.4 Å². The Hall–Kier alpha value is -1.86. The second-order valence-electron chi connectivity index (χ2n) is 4.94. The Morgan fingerprint density at radius 2 is 2.09 bits per heavy atom. The molecule has 2 heterocycles. The van der Waals surface area contributed by atoms with E-state index in [0.717, 1.165) is 25.9 Å². The van der Waals surface area contributed by atoms with E-state index in [1.807, 2.05) is 4.90 Å². The van der Waals surface area contributed by atoms with Crippen molar-refractivity contribution in [3.05, 3.63) is 36.0 Å². The van der Waals surface area contributed by atoms with Crippen LogP contribution in [0.15, 0.2) is 28.7 Å². The first-order chi connectivity index (χ1) is 10.2. The number of benzene rings is 1. The van der Waals surface area contributed by atoms with Gasteiger partial charge in [0.25, 0.3) is 0 Å². The van der Waals surface area contributed by atoms with Crippen LogP contribution in [0.4, 0.5) is 10.4 Å². The molecule has 0 spiro atoms. The highest BCUT2D eigenvalue weighted by Gasteiger charge is 2.24. The summed E-state index contributed by atoms with van der Waals surface area (Å²) in [7, 11) is 0. The van der Waals surface area contributed by atoms with Gasteiger partial charge in [-0.2, -0.15) is 0 Å². The van der Waals surface area contributed by atoms with E-state index in [0.29, 0.717) is 17.7 Å². The van der Waals surface area contributed by atoms with E-state index in [1.165, 1.54) is 12.1 Å². The van der Waals surface area contributed by atoms with E-state index >= 15 is 0 Å². The number of anilines is 1. The van der Waals surface area contributed by atoms with Gasteiger partial charge < -0.3 is 19.8 Å². The highest BCUT2D eigenvalue weighted by molar-refractivity contribution is 5.85. The summed E-state index contributed by atoms with van der Waals surface area (Å²) < 4.78 is 24.3. The Balaban J connectivity index is 0.00000176. The Morgan fingerprint density at radius 3 is 2.73 bits per heavy atom. The van der Waals surface area contributed by atoms with Crippen LogP contribution in [-0.4, -0.2) is 29.4 Å². The standard InChI is InChI=1S/C14H17FN4O2.ClH/c15-10-2-1-3-12(8-10)20-11-4-6-19(7-5-11)14-18-17-13(9-16)21-14;/h1-3,8,11H,4-7,9,16H2;1H. The SMILES string of the molecule is Cl.NCc1nnc(N2CCC(Oc3cccc(F)c3)CC2)o1. The molecule has 1 aromatic carbocycles. The number of hydrogen-bond donors (Lipinski definition) is 1. The zero-order chi connectivity index (χ0) is 14.7. The molecule has 6 nitrogen and oxygen atoms in total. The Labute approximate surface area is 133 Å². The fourth-order valence-corrected chi connectivity index (χ4v) is 2.35. The van der Waals surface area contributed by atoms with Gasteiger partial charge in [-0.25, -0.2) is 4.39 Å². The third-order valence-corrected chi connectivity index (χ3v) is 3.44. The minimum Gasteiger partial charge on any atom is -0.490 e. The van der Waals surface area contributed by atoms with Gasteiger partial charge in [0.05, 0.1) is 6.54 Å². The quantitative estimate of drug-likeness (QED) is 0.926. The van der Waals surface area contributed by atoms with Crippen LogP contribution < -0.4 is 15.4 Å². The molecule has 0 amide bonds. The lowest BCUT2D eigenvalue weighted by molar-refractivity contribution is 0.168. The molecule has 1 saturated heterocycles. The molecule has 1 aliphatic rings. The molecule has 0 aliphatic carbocycles. The van der Waals surface area contributed by atoms with Crippen molar-refractivity contribution in [2.24, 2.45) is 5.73 Å². The Morgan fingerprint density at radius 1 is 1.32 bits per heavy atom. The molecular formula is C14H18ClFN4O2. The summed E-state index contributed by atoms with van der Waals surface area (Å²) in [6.07, 6.45) is 1.70. The molecule has 1 aliphatic heterocycles. The van der Waals surface area contributed by atoms with Gasteiger partial charge in [0, 0.05) is 32.0 Å². The number of rotatable bonds is 4. The minimum absolute atomic E-state index is 0. The first kappa shape index (κ1) is 16.5. The van der Waals surface area contributed by atoms with Crippen molar-refractivity contribution in [3.63, 3.8) is 0 Å². The Bertz CT molecular complexity index is 602. The molecule has 120 valence electrons. The van der Waals surface area contributed by atoms with Gasteiger partial charge in [-0.1, -0.05) is 11.2 Å². The average Bonchev–Trinajstić information content (AvgIpc) is 2.97. The Kier molecular flexibility index (Phi) is 5.57. The van der Waals surface area contributed by atoms with Gasteiger partial charge in [-0.15, -0.1) is 17.5 Å². The summed E-state index contributed by atoms with van der Waals surface area (Å²) in [4.78, 5) is 2.01. The molecule has 22 heavy (non-hydrogen) atoms.